The minimum Gasteiger partial charge on any atom is -0.355 e. The van der Waals surface area contributed by atoms with Crippen molar-refractivity contribution in [1.82, 2.24) is 10.3 Å². The zero-order valence-electron chi connectivity index (χ0n) is 12.9. The van der Waals surface area contributed by atoms with Gasteiger partial charge in [-0.15, -0.1) is 0 Å². The first kappa shape index (κ1) is 13.9. The van der Waals surface area contributed by atoms with E-state index in [9.17, 15) is 0 Å². The maximum Gasteiger partial charge on any atom is 0.128 e. The number of hydrogen-bond acceptors (Lipinski definition) is 3. The van der Waals surface area contributed by atoms with Crippen molar-refractivity contribution in [3.05, 3.63) is 23.9 Å². The van der Waals surface area contributed by atoms with E-state index in [-0.39, 0.29) is 0 Å². The van der Waals surface area contributed by atoms with Crippen molar-refractivity contribution >= 4 is 5.82 Å². The molecule has 110 valence electrons. The van der Waals surface area contributed by atoms with Crippen molar-refractivity contribution in [2.45, 2.75) is 45.4 Å². The second-order valence-corrected chi connectivity index (χ2v) is 6.93. The first-order chi connectivity index (χ1) is 9.70. The van der Waals surface area contributed by atoms with E-state index in [0.29, 0.717) is 11.3 Å². The average Bonchev–Trinajstić information content (AvgIpc) is 2.35. The number of aromatic nitrogens is 1. The number of rotatable bonds is 6. The molecule has 2 fully saturated rings. The van der Waals surface area contributed by atoms with Gasteiger partial charge in [-0.3, -0.25) is 0 Å². The second kappa shape index (κ2) is 5.72. The first-order valence-electron chi connectivity index (χ1n) is 8.12. The molecule has 0 bridgehead atoms. The number of unbranched alkanes of at least 4 members (excludes halogenated alkanes) is 2. The molecule has 0 unspecified atom stereocenters. The molecule has 0 spiro atoms. The fraction of sp³-hybridized carbons (Fsp3) is 0.706. The van der Waals surface area contributed by atoms with Crippen LogP contribution in [-0.2, 0) is 0 Å². The van der Waals surface area contributed by atoms with Crippen molar-refractivity contribution < 1.29 is 0 Å². The minimum atomic E-state index is 0.521. The first-order valence-corrected chi connectivity index (χ1v) is 8.12. The van der Waals surface area contributed by atoms with Gasteiger partial charge in [-0.25, -0.2) is 4.98 Å². The molecule has 3 heterocycles. The molecule has 3 rings (SSSR count). The van der Waals surface area contributed by atoms with Crippen molar-refractivity contribution in [3.63, 3.8) is 0 Å². The van der Waals surface area contributed by atoms with E-state index in [1.54, 1.807) is 0 Å². The highest BCUT2D eigenvalue weighted by Gasteiger charge is 2.38. The lowest BCUT2D eigenvalue weighted by Gasteiger charge is -2.49. The molecule has 0 aliphatic carbocycles. The lowest BCUT2D eigenvalue weighted by Crippen LogP contribution is -2.55. The Bertz CT molecular complexity index is 430. The Hall–Kier alpha value is -1.09. The molecule has 2 aliphatic heterocycles. The Morgan fingerprint density at radius 2 is 2.10 bits per heavy atom. The molecule has 0 saturated carbocycles. The van der Waals surface area contributed by atoms with Gasteiger partial charge < -0.3 is 10.2 Å². The summed E-state index contributed by atoms with van der Waals surface area (Å²) in [7, 11) is 0. The van der Waals surface area contributed by atoms with Crippen LogP contribution in [0.5, 0.6) is 0 Å². The lowest BCUT2D eigenvalue weighted by molar-refractivity contribution is 0.214. The third kappa shape index (κ3) is 2.83. The van der Waals surface area contributed by atoms with E-state index in [2.05, 4.69) is 47.4 Å². The van der Waals surface area contributed by atoms with Gasteiger partial charge in [0.25, 0.3) is 0 Å². The summed E-state index contributed by atoms with van der Waals surface area (Å²) < 4.78 is 0. The monoisotopic (exact) mass is 273 g/mol. The highest BCUT2D eigenvalue weighted by molar-refractivity contribution is 5.44. The molecule has 2 aliphatic rings. The van der Waals surface area contributed by atoms with Gasteiger partial charge in [0.2, 0.25) is 0 Å². The van der Waals surface area contributed by atoms with Crippen LogP contribution >= 0.6 is 0 Å². The number of nitrogens with zero attached hydrogens (tertiary/aromatic N) is 2. The largest absolute Gasteiger partial charge is 0.355 e. The van der Waals surface area contributed by atoms with Gasteiger partial charge in [0, 0.05) is 43.7 Å². The molecule has 1 aromatic heterocycles. The van der Waals surface area contributed by atoms with E-state index >= 15 is 0 Å². The van der Waals surface area contributed by atoms with Crippen molar-refractivity contribution in [2.75, 3.05) is 31.1 Å². The van der Waals surface area contributed by atoms with Crippen LogP contribution in [0.2, 0.25) is 0 Å². The SMILES string of the molecule is CCCCCC1(C)CN(c2ccc(C3CNC3)cn2)C1. The Labute approximate surface area is 122 Å². The lowest BCUT2D eigenvalue weighted by atomic mass is 9.77. The summed E-state index contributed by atoms with van der Waals surface area (Å²) >= 11 is 0. The molecular weight excluding hydrogens is 246 g/mol. The highest BCUT2D eigenvalue weighted by Crippen LogP contribution is 2.37. The quantitative estimate of drug-likeness (QED) is 0.807. The van der Waals surface area contributed by atoms with Gasteiger partial charge in [0.05, 0.1) is 0 Å². The van der Waals surface area contributed by atoms with Crippen LogP contribution in [0.4, 0.5) is 5.82 Å². The summed E-state index contributed by atoms with van der Waals surface area (Å²) in [5, 5.41) is 3.32. The Balaban J connectivity index is 1.51. The maximum absolute atomic E-state index is 4.66. The Kier molecular flexibility index (Phi) is 3.97. The molecule has 0 aromatic carbocycles. The molecule has 0 amide bonds. The topological polar surface area (TPSA) is 28.2 Å². The smallest absolute Gasteiger partial charge is 0.128 e. The molecular formula is C17H27N3. The summed E-state index contributed by atoms with van der Waals surface area (Å²) in [4.78, 5) is 7.09. The van der Waals surface area contributed by atoms with E-state index < -0.39 is 0 Å². The summed E-state index contributed by atoms with van der Waals surface area (Å²) in [5.41, 5.74) is 1.91. The fourth-order valence-electron chi connectivity index (χ4n) is 3.35. The summed E-state index contributed by atoms with van der Waals surface area (Å²) in [6, 6.07) is 4.47. The zero-order chi connectivity index (χ0) is 14.0. The molecule has 20 heavy (non-hydrogen) atoms. The molecule has 2 saturated heterocycles. The van der Waals surface area contributed by atoms with Crippen LogP contribution < -0.4 is 10.2 Å². The van der Waals surface area contributed by atoms with Crippen LogP contribution in [0.1, 0.15) is 51.0 Å². The molecule has 0 atom stereocenters. The van der Waals surface area contributed by atoms with Crippen LogP contribution in [0.15, 0.2) is 18.3 Å². The fourth-order valence-corrected chi connectivity index (χ4v) is 3.35. The minimum absolute atomic E-state index is 0.521. The van der Waals surface area contributed by atoms with Crippen molar-refractivity contribution in [2.24, 2.45) is 5.41 Å². The van der Waals surface area contributed by atoms with Gasteiger partial charge in [0.1, 0.15) is 5.82 Å². The van der Waals surface area contributed by atoms with Gasteiger partial charge in [-0.2, -0.15) is 0 Å². The molecule has 0 radical (unpaired) electrons. The van der Waals surface area contributed by atoms with Crippen LogP contribution in [-0.4, -0.2) is 31.2 Å². The third-order valence-corrected chi connectivity index (χ3v) is 4.88. The number of nitrogens with one attached hydrogen (secondary N) is 1. The van der Waals surface area contributed by atoms with Gasteiger partial charge in [0.15, 0.2) is 0 Å². The van der Waals surface area contributed by atoms with E-state index in [1.807, 2.05) is 0 Å². The van der Waals surface area contributed by atoms with Gasteiger partial charge in [-0.05, 0) is 18.1 Å². The van der Waals surface area contributed by atoms with Crippen LogP contribution in [0.3, 0.4) is 0 Å². The third-order valence-electron chi connectivity index (χ3n) is 4.88. The van der Waals surface area contributed by atoms with Crippen LogP contribution in [0.25, 0.3) is 0 Å². The predicted octanol–water partition coefficient (Wildman–Crippen LogP) is 3.18. The Morgan fingerprint density at radius 1 is 1.30 bits per heavy atom. The number of pyridine rings is 1. The van der Waals surface area contributed by atoms with E-state index in [4.69, 9.17) is 0 Å². The van der Waals surface area contributed by atoms with Crippen molar-refractivity contribution in [1.29, 1.82) is 0 Å². The van der Waals surface area contributed by atoms with E-state index in [0.717, 1.165) is 18.9 Å². The molecule has 3 nitrogen and oxygen atoms in total. The van der Waals surface area contributed by atoms with Crippen molar-refractivity contribution in [3.8, 4) is 0 Å². The molecule has 1 aromatic rings. The van der Waals surface area contributed by atoms with E-state index in [1.165, 1.54) is 44.3 Å². The molecule has 3 heteroatoms. The number of hydrogen-bond donors (Lipinski definition) is 1. The standard InChI is InChI=1S/C17H27N3/c1-3-4-5-8-17(2)12-20(13-17)16-7-6-14(11-19-16)15-9-18-10-15/h6-7,11,15,18H,3-5,8-10,12-13H2,1-2H3. The second-order valence-electron chi connectivity index (χ2n) is 6.93. The van der Waals surface area contributed by atoms with Gasteiger partial charge in [-0.1, -0.05) is 39.2 Å². The normalized spacial score (nSPS) is 21.4. The number of anilines is 1. The summed E-state index contributed by atoms with van der Waals surface area (Å²) in [6.07, 6.45) is 7.51. The maximum atomic E-state index is 4.66. The summed E-state index contributed by atoms with van der Waals surface area (Å²) in [5.74, 6) is 1.85. The average molecular weight is 273 g/mol. The zero-order valence-corrected chi connectivity index (χ0v) is 12.9. The highest BCUT2D eigenvalue weighted by atomic mass is 15.3. The van der Waals surface area contributed by atoms with Gasteiger partial charge >= 0.3 is 0 Å². The van der Waals surface area contributed by atoms with Crippen LogP contribution in [0, 0.1) is 5.41 Å². The summed E-state index contributed by atoms with van der Waals surface area (Å²) in [6.45, 7) is 9.27. The Morgan fingerprint density at radius 3 is 2.65 bits per heavy atom. The predicted molar refractivity (Wildman–Crippen MR) is 84.3 cm³/mol. The molecule has 1 N–H and O–H groups in total.